The fraction of sp³-hybridized carbons (Fsp3) is 0.500. The van der Waals surface area contributed by atoms with Crippen LogP contribution in [0.1, 0.15) is 29.8 Å². The molecule has 0 aliphatic carbocycles. The number of carbonyl (C=O) groups is 1. The summed E-state index contributed by atoms with van der Waals surface area (Å²) in [4.78, 5) is 14.3. The minimum absolute atomic E-state index is 0.0812. The lowest BCUT2D eigenvalue weighted by Gasteiger charge is -2.35. The molecule has 1 aliphatic rings. The van der Waals surface area contributed by atoms with E-state index in [1.165, 1.54) is 0 Å². The molecule has 0 bridgehead atoms. The van der Waals surface area contributed by atoms with Gasteiger partial charge >= 0.3 is 0 Å². The Kier molecular flexibility index (Phi) is 4.07. The Morgan fingerprint density at radius 3 is 2.50 bits per heavy atom. The highest BCUT2D eigenvalue weighted by atomic mass is 79.9. The van der Waals surface area contributed by atoms with Crippen molar-refractivity contribution in [1.29, 1.82) is 0 Å². The summed E-state index contributed by atoms with van der Waals surface area (Å²) >= 11 is 3.47. The van der Waals surface area contributed by atoms with E-state index in [0.717, 1.165) is 15.6 Å². The molecule has 1 aliphatic heterocycles. The van der Waals surface area contributed by atoms with E-state index in [4.69, 9.17) is 4.74 Å². The molecule has 2 rings (SSSR count). The van der Waals surface area contributed by atoms with Crippen molar-refractivity contribution in [3.05, 3.63) is 33.8 Å². The van der Waals surface area contributed by atoms with Crippen molar-refractivity contribution in [3.8, 4) is 0 Å². The molecule has 18 heavy (non-hydrogen) atoms. The maximum atomic E-state index is 12.4. The number of halogens is 1. The highest BCUT2D eigenvalue weighted by Gasteiger charge is 2.26. The molecular formula is C14H18BrNO2. The van der Waals surface area contributed by atoms with Gasteiger partial charge in [-0.3, -0.25) is 4.79 Å². The first-order chi connectivity index (χ1) is 8.47. The van der Waals surface area contributed by atoms with Gasteiger partial charge in [-0.1, -0.05) is 22.0 Å². The van der Waals surface area contributed by atoms with Crippen LogP contribution in [0.3, 0.4) is 0 Å². The van der Waals surface area contributed by atoms with Crippen LogP contribution in [0.25, 0.3) is 0 Å². The zero-order valence-electron chi connectivity index (χ0n) is 10.9. The Bertz CT molecular complexity index is 451. The van der Waals surface area contributed by atoms with Crippen molar-refractivity contribution in [2.45, 2.75) is 33.0 Å². The summed E-state index contributed by atoms with van der Waals surface area (Å²) in [5.74, 6) is 0.0812. The topological polar surface area (TPSA) is 29.5 Å². The summed E-state index contributed by atoms with van der Waals surface area (Å²) in [7, 11) is 0. The maximum Gasteiger partial charge on any atom is 0.254 e. The first-order valence-electron chi connectivity index (χ1n) is 6.18. The number of hydrogen-bond acceptors (Lipinski definition) is 2. The molecule has 2 atom stereocenters. The first-order valence-corrected chi connectivity index (χ1v) is 6.97. The third-order valence-electron chi connectivity index (χ3n) is 3.13. The SMILES string of the molecule is Cc1ccc(C(=O)N2C[C@@H](C)O[C@@H](C)C2)cc1Br. The van der Waals surface area contributed by atoms with Crippen LogP contribution in [0.15, 0.2) is 22.7 Å². The molecule has 0 radical (unpaired) electrons. The van der Waals surface area contributed by atoms with E-state index in [1.807, 2.05) is 43.9 Å². The van der Waals surface area contributed by atoms with Gasteiger partial charge in [0.15, 0.2) is 0 Å². The molecule has 0 unspecified atom stereocenters. The largest absolute Gasteiger partial charge is 0.372 e. The number of morpholine rings is 1. The number of aryl methyl sites for hydroxylation is 1. The molecule has 1 amide bonds. The standard InChI is InChI=1S/C14H18BrNO2/c1-9-4-5-12(6-13(9)15)14(17)16-7-10(2)18-11(3)8-16/h4-6,10-11H,7-8H2,1-3H3/t10-,11+. The molecule has 98 valence electrons. The molecule has 3 nitrogen and oxygen atoms in total. The molecule has 0 N–H and O–H groups in total. The normalized spacial score (nSPS) is 24.1. The number of carbonyl (C=O) groups excluding carboxylic acids is 1. The fourth-order valence-corrected chi connectivity index (χ4v) is 2.63. The van der Waals surface area contributed by atoms with Crippen molar-refractivity contribution in [1.82, 2.24) is 4.90 Å². The predicted molar refractivity (Wildman–Crippen MR) is 74.8 cm³/mol. The van der Waals surface area contributed by atoms with Gasteiger partial charge in [-0.15, -0.1) is 0 Å². The van der Waals surface area contributed by atoms with Crippen LogP contribution < -0.4 is 0 Å². The number of benzene rings is 1. The van der Waals surface area contributed by atoms with Gasteiger partial charge < -0.3 is 9.64 Å². The summed E-state index contributed by atoms with van der Waals surface area (Å²) in [6, 6.07) is 5.74. The van der Waals surface area contributed by atoms with Gasteiger partial charge in [0.2, 0.25) is 0 Å². The highest BCUT2D eigenvalue weighted by molar-refractivity contribution is 9.10. The van der Waals surface area contributed by atoms with E-state index >= 15 is 0 Å². The molecule has 1 aromatic carbocycles. The fourth-order valence-electron chi connectivity index (χ4n) is 2.25. The zero-order valence-corrected chi connectivity index (χ0v) is 12.5. The van der Waals surface area contributed by atoms with E-state index in [2.05, 4.69) is 15.9 Å². The van der Waals surface area contributed by atoms with E-state index in [1.54, 1.807) is 0 Å². The average Bonchev–Trinajstić information content (AvgIpc) is 2.30. The van der Waals surface area contributed by atoms with E-state index in [0.29, 0.717) is 13.1 Å². The van der Waals surface area contributed by atoms with Gasteiger partial charge in [0.05, 0.1) is 12.2 Å². The molecule has 0 aromatic heterocycles. The van der Waals surface area contributed by atoms with Gasteiger partial charge in [0.1, 0.15) is 0 Å². The van der Waals surface area contributed by atoms with Crippen molar-refractivity contribution in [2.24, 2.45) is 0 Å². The lowest BCUT2D eigenvalue weighted by atomic mass is 10.1. The van der Waals surface area contributed by atoms with Gasteiger partial charge in [0.25, 0.3) is 5.91 Å². The lowest BCUT2D eigenvalue weighted by molar-refractivity contribution is -0.0586. The van der Waals surface area contributed by atoms with Crippen LogP contribution in [0.2, 0.25) is 0 Å². The Balaban J connectivity index is 2.17. The minimum Gasteiger partial charge on any atom is -0.372 e. The van der Waals surface area contributed by atoms with Crippen LogP contribution in [-0.4, -0.2) is 36.1 Å². The Morgan fingerprint density at radius 1 is 1.33 bits per heavy atom. The van der Waals surface area contributed by atoms with E-state index in [9.17, 15) is 4.79 Å². The number of ether oxygens (including phenoxy) is 1. The molecule has 1 saturated heterocycles. The number of rotatable bonds is 1. The summed E-state index contributed by atoms with van der Waals surface area (Å²) in [5.41, 5.74) is 1.86. The smallest absolute Gasteiger partial charge is 0.254 e. The Labute approximate surface area is 116 Å². The second-order valence-electron chi connectivity index (χ2n) is 4.93. The Hall–Kier alpha value is -0.870. The minimum atomic E-state index is 0.0812. The molecular weight excluding hydrogens is 294 g/mol. The van der Waals surface area contributed by atoms with Gasteiger partial charge in [-0.25, -0.2) is 0 Å². The summed E-state index contributed by atoms with van der Waals surface area (Å²) in [6.07, 6.45) is 0.207. The monoisotopic (exact) mass is 311 g/mol. The van der Waals surface area contributed by atoms with Crippen molar-refractivity contribution in [3.63, 3.8) is 0 Å². The lowest BCUT2D eigenvalue weighted by Crippen LogP contribution is -2.48. The number of nitrogens with zero attached hydrogens (tertiary/aromatic N) is 1. The van der Waals surface area contributed by atoms with Crippen LogP contribution in [0.5, 0.6) is 0 Å². The predicted octanol–water partition coefficient (Wildman–Crippen LogP) is 3.01. The Morgan fingerprint density at radius 2 is 1.94 bits per heavy atom. The molecule has 4 heteroatoms. The second kappa shape index (κ2) is 5.41. The summed E-state index contributed by atoms with van der Waals surface area (Å²) in [5, 5.41) is 0. The second-order valence-corrected chi connectivity index (χ2v) is 5.79. The molecule has 0 spiro atoms. The quantitative estimate of drug-likeness (QED) is 0.798. The van der Waals surface area contributed by atoms with Crippen LogP contribution in [0.4, 0.5) is 0 Å². The van der Waals surface area contributed by atoms with Crippen molar-refractivity contribution >= 4 is 21.8 Å². The first kappa shape index (κ1) is 13.6. The van der Waals surface area contributed by atoms with Crippen LogP contribution in [-0.2, 0) is 4.74 Å². The molecule has 0 saturated carbocycles. The van der Waals surface area contributed by atoms with Gasteiger partial charge in [-0.2, -0.15) is 0 Å². The van der Waals surface area contributed by atoms with Crippen molar-refractivity contribution < 1.29 is 9.53 Å². The molecule has 1 aromatic rings. The number of hydrogen-bond donors (Lipinski definition) is 0. The van der Waals surface area contributed by atoms with E-state index in [-0.39, 0.29) is 18.1 Å². The average molecular weight is 312 g/mol. The summed E-state index contributed by atoms with van der Waals surface area (Å²) in [6.45, 7) is 7.34. The third kappa shape index (κ3) is 2.93. The van der Waals surface area contributed by atoms with Crippen molar-refractivity contribution in [2.75, 3.05) is 13.1 Å². The maximum absolute atomic E-state index is 12.4. The van der Waals surface area contributed by atoms with E-state index < -0.39 is 0 Å². The number of amides is 1. The van der Waals surface area contributed by atoms with Crippen LogP contribution >= 0.6 is 15.9 Å². The van der Waals surface area contributed by atoms with Crippen LogP contribution in [0, 0.1) is 6.92 Å². The summed E-state index contributed by atoms with van der Waals surface area (Å²) < 4.78 is 6.62. The van der Waals surface area contributed by atoms with Gasteiger partial charge in [0, 0.05) is 23.1 Å². The van der Waals surface area contributed by atoms with Gasteiger partial charge in [-0.05, 0) is 38.5 Å². The highest BCUT2D eigenvalue weighted by Crippen LogP contribution is 2.20. The molecule has 1 fully saturated rings. The third-order valence-corrected chi connectivity index (χ3v) is 3.98. The molecule has 1 heterocycles. The zero-order chi connectivity index (χ0) is 13.3.